The fourth-order valence-corrected chi connectivity index (χ4v) is 1.70. The van der Waals surface area contributed by atoms with Crippen LogP contribution >= 0.6 is 0 Å². The average Bonchev–Trinajstić information content (AvgIpc) is 2.44. The molecule has 1 rings (SSSR count). The Hall–Kier alpha value is -1.76. The minimum Gasteiger partial charge on any atom is -0.484 e. The monoisotopic (exact) mass is 318 g/mol. The summed E-state index contributed by atoms with van der Waals surface area (Å²) in [7, 11) is 0. The standard InChI is InChI=1S/C15H21F3N2O2/c1-10(2)14(3,9-19)20-13(21)8-22-12-6-4-5-11(7-12)15(16,17)18/h4-7,10H,8-9,19H2,1-3H3,(H,20,21). The molecular weight excluding hydrogens is 297 g/mol. The number of nitrogens with two attached hydrogens (primary N) is 1. The van der Waals surface area contributed by atoms with E-state index in [2.05, 4.69) is 5.32 Å². The van der Waals surface area contributed by atoms with E-state index in [9.17, 15) is 18.0 Å². The van der Waals surface area contributed by atoms with E-state index in [-0.39, 0.29) is 24.8 Å². The molecule has 0 saturated carbocycles. The van der Waals surface area contributed by atoms with E-state index in [4.69, 9.17) is 10.5 Å². The molecule has 0 aliphatic rings. The molecule has 1 atom stereocenters. The maximum atomic E-state index is 12.6. The van der Waals surface area contributed by atoms with Gasteiger partial charge >= 0.3 is 6.18 Å². The number of ether oxygens (including phenoxy) is 1. The number of carbonyl (C=O) groups is 1. The second kappa shape index (κ2) is 7.00. The molecule has 1 amide bonds. The molecule has 0 spiro atoms. The molecule has 1 aromatic rings. The van der Waals surface area contributed by atoms with Crippen molar-refractivity contribution >= 4 is 5.91 Å². The largest absolute Gasteiger partial charge is 0.484 e. The molecule has 0 aliphatic carbocycles. The second-order valence-electron chi connectivity index (χ2n) is 5.64. The number of rotatable bonds is 6. The number of carbonyl (C=O) groups excluding carboxylic acids is 1. The minimum absolute atomic E-state index is 0.0102. The lowest BCUT2D eigenvalue weighted by atomic mass is 9.88. The lowest BCUT2D eigenvalue weighted by Gasteiger charge is -2.33. The van der Waals surface area contributed by atoms with Crippen molar-refractivity contribution in [3.63, 3.8) is 0 Å². The fraction of sp³-hybridized carbons (Fsp3) is 0.533. The van der Waals surface area contributed by atoms with Crippen LogP contribution in [0.5, 0.6) is 5.75 Å². The Morgan fingerprint density at radius 3 is 2.50 bits per heavy atom. The molecular formula is C15H21F3N2O2. The van der Waals surface area contributed by atoms with Crippen molar-refractivity contribution < 1.29 is 22.7 Å². The van der Waals surface area contributed by atoms with Crippen molar-refractivity contribution in [3.05, 3.63) is 29.8 Å². The van der Waals surface area contributed by atoms with E-state index >= 15 is 0 Å². The van der Waals surface area contributed by atoms with Gasteiger partial charge in [0.15, 0.2) is 6.61 Å². The van der Waals surface area contributed by atoms with Gasteiger partial charge in [-0.1, -0.05) is 19.9 Å². The van der Waals surface area contributed by atoms with Gasteiger partial charge in [0.05, 0.1) is 11.1 Å². The maximum absolute atomic E-state index is 12.6. The van der Waals surface area contributed by atoms with Crippen LogP contribution in [0.2, 0.25) is 0 Å². The minimum atomic E-state index is -4.45. The van der Waals surface area contributed by atoms with Gasteiger partial charge in [-0.25, -0.2) is 0 Å². The zero-order valence-electron chi connectivity index (χ0n) is 12.8. The Morgan fingerprint density at radius 2 is 2.00 bits per heavy atom. The van der Waals surface area contributed by atoms with E-state index in [0.29, 0.717) is 0 Å². The highest BCUT2D eigenvalue weighted by Crippen LogP contribution is 2.31. The van der Waals surface area contributed by atoms with E-state index in [1.165, 1.54) is 12.1 Å². The molecule has 7 heteroatoms. The third-order valence-electron chi connectivity index (χ3n) is 3.65. The van der Waals surface area contributed by atoms with Crippen LogP contribution in [0, 0.1) is 5.92 Å². The van der Waals surface area contributed by atoms with Gasteiger partial charge in [0.1, 0.15) is 5.75 Å². The Morgan fingerprint density at radius 1 is 1.36 bits per heavy atom. The first-order valence-corrected chi connectivity index (χ1v) is 6.89. The molecule has 1 unspecified atom stereocenters. The normalized spacial score (nSPS) is 14.5. The number of hydrogen-bond donors (Lipinski definition) is 2. The summed E-state index contributed by atoms with van der Waals surface area (Å²) in [5.74, 6) is -0.335. The molecule has 0 radical (unpaired) electrons. The number of benzene rings is 1. The Balaban J connectivity index is 2.65. The third-order valence-corrected chi connectivity index (χ3v) is 3.65. The highest BCUT2D eigenvalue weighted by Gasteiger charge is 2.31. The van der Waals surface area contributed by atoms with Crippen LogP contribution < -0.4 is 15.8 Å². The summed E-state index contributed by atoms with van der Waals surface area (Å²) in [4.78, 5) is 11.9. The number of halogens is 3. The lowest BCUT2D eigenvalue weighted by Crippen LogP contribution is -2.56. The van der Waals surface area contributed by atoms with E-state index in [1.807, 2.05) is 13.8 Å². The van der Waals surface area contributed by atoms with Crippen LogP contribution in [0.15, 0.2) is 24.3 Å². The van der Waals surface area contributed by atoms with Crippen LogP contribution in [-0.4, -0.2) is 24.6 Å². The lowest BCUT2D eigenvalue weighted by molar-refractivity contribution is -0.137. The number of nitrogens with one attached hydrogen (secondary N) is 1. The highest BCUT2D eigenvalue weighted by atomic mass is 19.4. The molecule has 0 aliphatic heterocycles. The smallest absolute Gasteiger partial charge is 0.416 e. The zero-order valence-corrected chi connectivity index (χ0v) is 12.8. The van der Waals surface area contributed by atoms with Gasteiger partial charge in [0.25, 0.3) is 5.91 Å². The summed E-state index contributed by atoms with van der Waals surface area (Å²) in [6.45, 7) is 5.52. The Kier molecular flexibility index (Phi) is 5.82. The van der Waals surface area contributed by atoms with Crippen LogP contribution in [0.25, 0.3) is 0 Å². The molecule has 0 fully saturated rings. The average molecular weight is 318 g/mol. The molecule has 22 heavy (non-hydrogen) atoms. The van der Waals surface area contributed by atoms with Gasteiger partial charge in [-0.3, -0.25) is 4.79 Å². The number of alkyl halides is 3. The maximum Gasteiger partial charge on any atom is 0.416 e. The highest BCUT2D eigenvalue weighted by molar-refractivity contribution is 5.78. The molecule has 4 nitrogen and oxygen atoms in total. The summed E-state index contributed by atoms with van der Waals surface area (Å²) in [6, 6.07) is 4.40. The van der Waals surface area contributed by atoms with Crippen LogP contribution in [0.4, 0.5) is 13.2 Å². The van der Waals surface area contributed by atoms with Crippen LogP contribution in [-0.2, 0) is 11.0 Å². The Bertz CT molecular complexity index is 518. The third kappa shape index (κ3) is 4.91. The van der Waals surface area contributed by atoms with E-state index < -0.39 is 23.2 Å². The summed E-state index contributed by atoms with van der Waals surface area (Å²) in [6.07, 6.45) is -4.45. The van der Waals surface area contributed by atoms with E-state index in [1.54, 1.807) is 6.92 Å². The van der Waals surface area contributed by atoms with Crippen molar-refractivity contribution in [2.24, 2.45) is 11.7 Å². The number of amides is 1. The van der Waals surface area contributed by atoms with Gasteiger partial charge in [0, 0.05) is 6.54 Å². The van der Waals surface area contributed by atoms with Gasteiger partial charge < -0.3 is 15.8 Å². The van der Waals surface area contributed by atoms with Gasteiger partial charge in [-0.15, -0.1) is 0 Å². The molecule has 0 aromatic heterocycles. The van der Waals surface area contributed by atoms with Crippen molar-refractivity contribution in [2.75, 3.05) is 13.2 Å². The van der Waals surface area contributed by atoms with Crippen molar-refractivity contribution in [1.82, 2.24) is 5.32 Å². The van der Waals surface area contributed by atoms with Crippen molar-refractivity contribution in [2.45, 2.75) is 32.5 Å². The number of hydrogen-bond acceptors (Lipinski definition) is 3. The molecule has 0 bridgehead atoms. The topological polar surface area (TPSA) is 64.3 Å². The quantitative estimate of drug-likeness (QED) is 0.847. The first kappa shape index (κ1) is 18.3. The zero-order chi connectivity index (χ0) is 17.0. The first-order chi connectivity index (χ1) is 10.1. The molecule has 3 N–H and O–H groups in total. The first-order valence-electron chi connectivity index (χ1n) is 6.89. The predicted octanol–water partition coefficient (Wildman–Crippen LogP) is 2.57. The summed E-state index contributed by atoms with van der Waals surface area (Å²) < 4.78 is 42.8. The van der Waals surface area contributed by atoms with Crippen molar-refractivity contribution in [1.29, 1.82) is 0 Å². The van der Waals surface area contributed by atoms with Crippen molar-refractivity contribution in [3.8, 4) is 5.75 Å². The van der Waals surface area contributed by atoms with Gasteiger partial charge in [-0.05, 0) is 31.0 Å². The van der Waals surface area contributed by atoms with Gasteiger partial charge in [-0.2, -0.15) is 13.2 Å². The van der Waals surface area contributed by atoms with Gasteiger partial charge in [0.2, 0.25) is 0 Å². The Labute approximate surface area is 127 Å². The summed E-state index contributed by atoms with van der Waals surface area (Å²) >= 11 is 0. The summed E-state index contributed by atoms with van der Waals surface area (Å²) in [5.41, 5.74) is 4.24. The summed E-state index contributed by atoms with van der Waals surface area (Å²) in [5, 5.41) is 2.75. The van der Waals surface area contributed by atoms with Crippen LogP contribution in [0.3, 0.4) is 0 Å². The predicted molar refractivity (Wildman–Crippen MR) is 77.4 cm³/mol. The molecule has 1 aromatic carbocycles. The fourth-order valence-electron chi connectivity index (χ4n) is 1.70. The molecule has 124 valence electrons. The molecule has 0 heterocycles. The van der Waals surface area contributed by atoms with Crippen LogP contribution in [0.1, 0.15) is 26.3 Å². The SMILES string of the molecule is CC(C)C(C)(CN)NC(=O)COc1cccc(C(F)(F)F)c1. The van der Waals surface area contributed by atoms with E-state index in [0.717, 1.165) is 12.1 Å². The molecule has 0 saturated heterocycles. The second-order valence-corrected chi connectivity index (χ2v) is 5.64.